The summed E-state index contributed by atoms with van der Waals surface area (Å²) in [4.78, 5) is 15.8. The van der Waals surface area contributed by atoms with E-state index in [1.54, 1.807) is 36.7 Å². The van der Waals surface area contributed by atoms with Crippen molar-refractivity contribution in [1.82, 2.24) is 4.98 Å². The Kier molecular flexibility index (Phi) is 4.16. The van der Waals surface area contributed by atoms with Crippen LogP contribution in [-0.2, 0) is 0 Å². The number of rotatable bonds is 4. The molecule has 1 heterocycles. The second-order valence-electron chi connectivity index (χ2n) is 3.71. The zero-order chi connectivity index (χ0) is 14.5. The Morgan fingerprint density at radius 1 is 1.35 bits per heavy atom. The first kappa shape index (κ1) is 13.8. The highest BCUT2D eigenvalue weighted by Gasteiger charge is 2.17. The third-order valence-electron chi connectivity index (χ3n) is 2.44. The van der Waals surface area contributed by atoms with E-state index >= 15 is 0 Å². The van der Waals surface area contributed by atoms with E-state index in [9.17, 15) is 10.1 Å². The minimum Gasteiger partial charge on any atom is -0.409 e. The lowest BCUT2D eigenvalue weighted by atomic mass is 10.2. The Morgan fingerprint density at radius 3 is 2.65 bits per heavy atom. The van der Waals surface area contributed by atoms with Gasteiger partial charge < -0.3 is 10.9 Å². The maximum atomic E-state index is 11.1. The Labute approximate surface area is 118 Å². The second kappa shape index (κ2) is 6.02. The number of nitro benzene ring substituents is 1. The van der Waals surface area contributed by atoms with Crippen LogP contribution < -0.4 is 5.73 Å². The summed E-state index contributed by atoms with van der Waals surface area (Å²) in [6.45, 7) is 0. The fourth-order valence-corrected chi connectivity index (χ4v) is 2.38. The molecule has 0 aliphatic heterocycles. The van der Waals surface area contributed by atoms with E-state index in [1.807, 2.05) is 0 Å². The normalized spacial score (nSPS) is 11.3. The van der Waals surface area contributed by atoms with Crippen molar-refractivity contribution in [2.45, 2.75) is 9.79 Å². The Hall–Kier alpha value is -2.61. The average molecular weight is 290 g/mol. The fraction of sp³-hybridized carbons (Fsp3) is 0. The van der Waals surface area contributed by atoms with Gasteiger partial charge >= 0.3 is 0 Å². The zero-order valence-electron chi connectivity index (χ0n) is 10.1. The van der Waals surface area contributed by atoms with Crippen LogP contribution in [0.5, 0.6) is 0 Å². The van der Waals surface area contributed by atoms with Crippen molar-refractivity contribution in [2.24, 2.45) is 10.9 Å². The molecule has 0 aliphatic carbocycles. The molecule has 1 aromatic carbocycles. The fourth-order valence-electron chi connectivity index (χ4n) is 1.50. The van der Waals surface area contributed by atoms with Crippen molar-refractivity contribution >= 4 is 23.3 Å². The molecular formula is C12H10N4O3S. The number of nitrogens with two attached hydrogens (primary N) is 1. The topological polar surface area (TPSA) is 115 Å². The Morgan fingerprint density at radius 2 is 2.05 bits per heavy atom. The first-order valence-corrected chi connectivity index (χ1v) is 6.27. The first-order chi connectivity index (χ1) is 9.61. The number of hydrogen-bond donors (Lipinski definition) is 2. The van der Waals surface area contributed by atoms with E-state index in [1.165, 1.54) is 17.8 Å². The third kappa shape index (κ3) is 3.04. The summed E-state index contributed by atoms with van der Waals surface area (Å²) < 4.78 is 0. The minimum atomic E-state index is -0.502. The molecule has 2 rings (SSSR count). The largest absolute Gasteiger partial charge is 0.409 e. The summed E-state index contributed by atoms with van der Waals surface area (Å²) in [7, 11) is 0. The van der Waals surface area contributed by atoms with Crippen LogP contribution >= 0.6 is 11.8 Å². The molecule has 7 nitrogen and oxygen atoms in total. The predicted octanol–water partition coefficient (Wildman–Crippen LogP) is 2.24. The van der Waals surface area contributed by atoms with Crippen LogP contribution in [0, 0.1) is 10.1 Å². The molecule has 0 amide bonds. The lowest BCUT2D eigenvalue weighted by Crippen LogP contribution is -2.13. The van der Waals surface area contributed by atoms with Crippen molar-refractivity contribution in [3.8, 4) is 0 Å². The van der Waals surface area contributed by atoms with Gasteiger partial charge in [-0.25, -0.2) is 0 Å². The molecule has 0 bridgehead atoms. The van der Waals surface area contributed by atoms with Crippen LogP contribution in [0.25, 0.3) is 0 Å². The van der Waals surface area contributed by atoms with Crippen LogP contribution in [0.2, 0.25) is 0 Å². The molecule has 0 radical (unpaired) electrons. The number of pyridine rings is 1. The highest BCUT2D eigenvalue weighted by atomic mass is 32.2. The standard InChI is InChI=1S/C12H10N4O3S/c13-12(15-17)8-1-2-11(10(7-8)16(18)19)20-9-3-5-14-6-4-9/h1-7,17H,(H2,13,15). The van der Waals surface area contributed by atoms with Gasteiger partial charge in [0, 0.05) is 28.9 Å². The SMILES string of the molecule is N/C(=N/O)c1ccc(Sc2ccncc2)c([N+](=O)[O-])c1. The van der Waals surface area contributed by atoms with Crippen LogP contribution in [0.15, 0.2) is 57.7 Å². The highest BCUT2D eigenvalue weighted by Crippen LogP contribution is 2.34. The smallest absolute Gasteiger partial charge is 0.283 e. The van der Waals surface area contributed by atoms with E-state index in [0.29, 0.717) is 10.5 Å². The van der Waals surface area contributed by atoms with Crippen LogP contribution in [0.1, 0.15) is 5.56 Å². The average Bonchev–Trinajstić information content (AvgIpc) is 2.47. The predicted molar refractivity (Wildman–Crippen MR) is 74.0 cm³/mol. The van der Waals surface area contributed by atoms with Crippen LogP contribution in [0.4, 0.5) is 5.69 Å². The van der Waals surface area contributed by atoms with Gasteiger partial charge in [0.05, 0.1) is 9.82 Å². The van der Waals surface area contributed by atoms with Gasteiger partial charge in [-0.05, 0) is 24.3 Å². The van der Waals surface area contributed by atoms with Gasteiger partial charge in [-0.2, -0.15) is 0 Å². The first-order valence-electron chi connectivity index (χ1n) is 5.46. The molecule has 0 fully saturated rings. The van der Waals surface area contributed by atoms with Gasteiger partial charge in [-0.3, -0.25) is 15.1 Å². The zero-order valence-corrected chi connectivity index (χ0v) is 10.9. The van der Waals surface area contributed by atoms with Crippen LogP contribution in [-0.4, -0.2) is 21.0 Å². The van der Waals surface area contributed by atoms with Crippen molar-refractivity contribution in [1.29, 1.82) is 0 Å². The van der Waals surface area contributed by atoms with Gasteiger partial charge in [-0.15, -0.1) is 0 Å². The summed E-state index contributed by atoms with van der Waals surface area (Å²) >= 11 is 1.25. The molecule has 1 aromatic heterocycles. The highest BCUT2D eigenvalue weighted by molar-refractivity contribution is 7.99. The molecule has 8 heteroatoms. The summed E-state index contributed by atoms with van der Waals surface area (Å²) in [6.07, 6.45) is 3.22. The van der Waals surface area contributed by atoms with Crippen molar-refractivity contribution in [3.63, 3.8) is 0 Å². The van der Waals surface area contributed by atoms with Gasteiger partial charge in [0.1, 0.15) is 0 Å². The molecule has 0 atom stereocenters. The molecule has 0 saturated carbocycles. The minimum absolute atomic E-state index is 0.101. The number of amidine groups is 1. The number of nitrogens with zero attached hydrogens (tertiary/aromatic N) is 3. The molecule has 0 aliphatic rings. The Bertz CT molecular complexity index is 661. The molecule has 20 heavy (non-hydrogen) atoms. The van der Waals surface area contributed by atoms with Crippen molar-refractivity contribution < 1.29 is 10.1 Å². The number of aromatic nitrogens is 1. The van der Waals surface area contributed by atoms with Crippen LogP contribution in [0.3, 0.4) is 0 Å². The summed E-state index contributed by atoms with van der Waals surface area (Å²) in [5.41, 5.74) is 5.62. The lowest BCUT2D eigenvalue weighted by molar-refractivity contribution is -0.387. The summed E-state index contributed by atoms with van der Waals surface area (Å²) in [5.74, 6) is -0.173. The number of nitro groups is 1. The summed E-state index contributed by atoms with van der Waals surface area (Å²) in [6, 6.07) is 7.92. The quantitative estimate of drug-likeness (QED) is 0.293. The van der Waals surface area contributed by atoms with E-state index < -0.39 is 4.92 Å². The van der Waals surface area contributed by atoms with E-state index in [4.69, 9.17) is 10.9 Å². The molecule has 2 aromatic rings. The van der Waals surface area contributed by atoms with Gasteiger partial charge in [-0.1, -0.05) is 16.9 Å². The number of oxime groups is 1. The third-order valence-corrected chi connectivity index (χ3v) is 3.51. The Balaban J connectivity index is 2.41. The van der Waals surface area contributed by atoms with E-state index in [-0.39, 0.29) is 11.5 Å². The van der Waals surface area contributed by atoms with E-state index in [2.05, 4.69) is 10.1 Å². The van der Waals surface area contributed by atoms with Gasteiger partial charge in [0.25, 0.3) is 5.69 Å². The maximum absolute atomic E-state index is 11.1. The molecule has 0 saturated heterocycles. The molecule has 0 unspecified atom stereocenters. The number of benzene rings is 1. The number of hydrogen-bond acceptors (Lipinski definition) is 6. The maximum Gasteiger partial charge on any atom is 0.283 e. The van der Waals surface area contributed by atoms with Crippen molar-refractivity contribution in [2.75, 3.05) is 0 Å². The monoisotopic (exact) mass is 290 g/mol. The molecular weight excluding hydrogens is 280 g/mol. The van der Waals surface area contributed by atoms with Crippen molar-refractivity contribution in [3.05, 3.63) is 58.4 Å². The summed E-state index contributed by atoms with van der Waals surface area (Å²) in [5, 5.41) is 22.5. The molecule has 102 valence electrons. The second-order valence-corrected chi connectivity index (χ2v) is 4.83. The molecule has 3 N–H and O–H groups in total. The van der Waals surface area contributed by atoms with Gasteiger partial charge in [0.15, 0.2) is 5.84 Å². The molecule has 0 spiro atoms. The van der Waals surface area contributed by atoms with E-state index in [0.717, 1.165) is 4.90 Å². The lowest BCUT2D eigenvalue weighted by Gasteiger charge is -2.05. The van der Waals surface area contributed by atoms with Gasteiger partial charge in [0.2, 0.25) is 0 Å².